The zero-order chi connectivity index (χ0) is 18.7. The van der Waals surface area contributed by atoms with E-state index in [0.717, 1.165) is 50.6 Å². The van der Waals surface area contributed by atoms with E-state index >= 15 is 0 Å². The fourth-order valence-electron chi connectivity index (χ4n) is 3.99. The van der Waals surface area contributed by atoms with E-state index in [-0.39, 0.29) is 11.7 Å². The highest BCUT2D eigenvalue weighted by Gasteiger charge is 2.48. The Kier molecular flexibility index (Phi) is 5.18. The van der Waals surface area contributed by atoms with Gasteiger partial charge in [-0.05, 0) is 23.8 Å². The molecule has 6 nitrogen and oxygen atoms in total. The molecule has 1 spiro atoms. The third-order valence-electron chi connectivity index (χ3n) is 5.21. The average Bonchev–Trinajstić information content (AvgIpc) is 2.67. The Morgan fingerprint density at radius 1 is 1.15 bits per heavy atom. The van der Waals surface area contributed by atoms with Crippen molar-refractivity contribution in [1.82, 2.24) is 9.88 Å². The molecule has 1 aromatic heterocycles. The highest BCUT2D eigenvalue weighted by Crippen LogP contribution is 2.36. The van der Waals surface area contributed by atoms with Gasteiger partial charge in [-0.3, -0.25) is 4.90 Å². The molecule has 0 saturated carbocycles. The Morgan fingerprint density at radius 3 is 2.59 bits per heavy atom. The van der Waals surface area contributed by atoms with Gasteiger partial charge in [-0.1, -0.05) is 6.07 Å². The molecule has 6 heteroatoms. The summed E-state index contributed by atoms with van der Waals surface area (Å²) in [6, 6.07) is 11.8. The third-order valence-corrected chi connectivity index (χ3v) is 5.21. The molecule has 0 radical (unpaired) electrons. The van der Waals surface area contributed by atoms with E-state index in [2.05, 4.69) is 22.0 Å². The first kappa shape index (κ1) is 18.1. The predicted octanol–water partition coefficient (Wildman–Crippen LogP) is 2.91. The molecule has 4 rings (SSSR count). The van der Waals surface area contributed by atoms with Gasteiger partial charge in [-0.15, -0.1) is 0 Å². The van der Waals surface area contributed by atoms with E-state index in [1.165, 1.54) is 5.56 Å². The Labute approximate surface area is 160 Å². The van der Waals surface area contributed by atoms with E-state index in [4.69, 9.17) is 18.9 Å². The molecule has 27 heavy (non-hydrogen) atoms. The van der Waals surface area contributed by atoms with Crippen molar-refractivity contribution in [2.75, 3.05) is 33.9 Å². The second-order valence-electron chi connectivity index (χ2n) is 7.30. The predicted molar refractivity (Wildman–Crippen MR) is 101 cm³/mol. The first-order valence-corrected chi connectivity index (χ1v) is 9.34. The van der Waals surface area contributed by atoms with Crippen LogP contribution in [0.4, 0.5) is 0 Å². The molecule has 2 aromatic rings. The number of hydrogen-bond donors (Lipinski definition) is 0. The van der Waals surface area contributed by atoms with E-state index in [9.17, 15) is 0 Å². The van der Waals surface area contributed by atoms with Crippen LogP contribution >= 0.6 is 0 Å². The highest BCUT2D eigenvalue weighted by atomic mass is 16.5. The van der Waals surface area contributed by atoms with Crippen molar-refractivity contribution in [3.8, 4) is 17.4 Å². The summed E-state index contributed by atoms with van der Waals surface area (Å²) >= 11 is 0. The number of likely N-dealkylation sites (tertiary alicyclic amines) is 1. The van der Waals surface area contributed by atoms with Gasteiger partial charge in [0.25, 0.3) is 0 Å². The van der Waals surface area contributed by atoms with Crippen LogP contribution in [0.2, 0.25) is 0 Å². The van der Waals surface area contributed by atoms with Crippen LogP contribution in [0.5, 0.6) is 17.4 Å². The minimum Gasteiger partial charge on any atom is -0.497 e. The maximum atomic E-state index is 6.14. The van der Waals surface area contributed by atoms with Gasteiger partial charge < -0.3 is 18.9 Å². The normalized spacial score (nSPS) is 21.5. The second-order valence-corrected chi connectivity index (χ2v) is 7.30. The lowest BCUT2D eigenvalue weighted by atomic mass is 9.84. The summed E-state index contributed by atoms with van der Waals surface area (Å²) in [6.45, 7) is 3.41. The van der Waals surface area contributed by atoms with Gasteiger partial charge in [-0.2, -0.15) is 0 Å². The Hall–Kier alpha value is -2.31. The quantitative estimate of drug-likeness (QED) is 0.779. The van der Waals surface area contributed by atoms with Gasteiger partial charge in [0.1, 0.15) is 17.6 Å². The SMILES string of the molecule is COc1cc(CN2CC3(CC(Oc4ccccn4)CCO3)C2)cc(OC)c1. The molecule has 2 aliphatic heterocycles. The van der Waals surface area contributed by atoms with Crippen LogP contribution in [0.3, 0.4) is 0 Å². The summed E-state index contributed by atoms with van der Waals surface area (Å²) in [4.78, 5) is 6.66. The van der Waals surface area contributed by atoms with Gasteiger partial charge in [-0.25, -0.2) is 4.98 Å². The van der Waals surface area contributed by atoms with Crippen molar-refractivity contribution in [1.29, 1.82) is 0 Å². The zero-order valence-electron chi connectivity index (χ0n) is 15.9. The zero-order valence-corrected chi connectivity index (χ0v) is 15.9. The van der Waals surface area contributed by atoms with E-state index in [1.54, 1.807) is 20.4 Å². The van der Waals surface area contributed by atoms with Gasteiger partial charge in [0.2, 0.25) is 5.88 Å². The molecular formula is C21H26N2O4. The number of nitrogens with zero attached hydrogens (tertiary/aromatic N) is 2. The molecule has 2 aliphatic rings. The maximum Gasteiger partial charge on any atom is 0.213 e. The molecular weight excluding hydrogens is 344 g/mol. The van der Waals surface area contributed by atoms with Crippen LogP contribution in [0.1, 0.15) is 18.4 Å². The smallest absolute Gasteiger partial charge is 0.213 e. The van der Waals surface area contributed by atoms with Crippen molar-refractivity contribution in [3.05, 3.63) is 48.2 Å². The number of rotatable bonds is 6. The lowest BCUT2D eigenvalue weighted by Gasteiger charge is -2.53. The first-order chi connectivity index (χ1) is 13.2. The largest absolute Gasteiger partial charge is 0.497 e. The van der Waals surface area contributed by atoms with Gasteiger partial charge >= 0.3 is 0 Å². The van der Waals surface area contributed by atoms with Crippen molar-refractivity contribution in [2.45, 2.75) is 31.1 Å². The fraction of sp³-hybridized carbons (Fsp3) is 0.476. The lowest BCUT2D eigenvalue weighted by Crippen LogP contribution is -2.65. The van der Waals surface area contributed by atoms with Crippen molar-refractivity contribution in [2.24, 2.45) is 0 Å². The third kappa shape index (κ3) is 4.17. The van der Waals surface area contributed by atoms with Crippen molar-refractivity contribution < 1.29 is 18.9 Å². The molecule has 0 bridgehead atoms. The van der Waals surface area contributed by atoms with E-state index < -0.39 is 0 Å². The van der Waals surface area contributed by atoms with E-state index in [1.807, 2.05) is 24.3 Å². The first-order valence-electron chi connectivity index (χ1n) is 9.34. The van der Waals surface area contributed by atoms with Crippen molar-refractivity contribution in [3.63, 3.8) is 0 Å². The number of hydrogen-bond acceptors (Lipinski definition) is 6. The highest BCUT2D eigenvalue weighted by molar-refractivity contribution is 5.38. The summed E-state index contributed by atoms with van der Waals surface area (Å²) in [5.74, 6) is 2.33. The summed E-state index contributed by atoms with van der Waals surface area (Å²) in [6.07, 6.45) is 3.73. The topological polar surface area (TPSA) is 53.1 Å². The monoisotopic (exact) mass is 370 g/mol. The molecule has 0 N–H and O–H groups in total. The molecule has 2 saturated heterocycles. The van der Waals surface area contributed by atoms with Crippen LogP contribution in [0, 0.1) is 0 Å². The number of pyridine rings is 1. The molecule has 0 amide bonds. The minimum atomic E-state index is -0.0966. The summed E-state index contributed by atoms with van der Waals surface area (Å²) in [5, 5.41) is 0. The molecule has 1 unspecified atom stereocenters. The van der Waals surface area contributed by atoms with Crippen LogP contribution < -0.4 is 14.2 Å². The molecule has 3 heterocycles. The minimum absolute atomic E-state index is 0.0966. The lowest BCUT2D eigenvalue weighted by molar-refractivity contribution is -0.188. The summed E-state index contributed by atoms with van der Waals surface area (Å²) in [7, 11) is 3.35. The molecule has 1 atom stereocenters. The average molecular weight is 370 g/mol. The number of ether oxygens (including phenoxy) is 4. The Balaban J connectivity index is 1.34. The second kappa shape index (κ2) is 7.74. The van der Waals surface area contributed by atoms with Gasteiger partial charge in [0.15, 0.2) is 0 Å². The molecule has 0 aliphatic carbocycles. The summed E-state index contributed by atoms with van der Waals surface area (Å²) < 4.78 is 22.9. The van der Waals surface area contributed by atoms with Crippen LogP contribution in [-0.4, -0.2) is 55.5 Å². The fourth-order valence-corrected chi connectivity index (χ4v) is 3.99. The maximum absolute atomic E-state index is 6.14. The van der Waals surface area contributed by atoms with Gasteiger partial charge in [0, 0.05) is 50.8 Å². The molecule has 2 fully saturated rings. The van der Waals surface area contributed by atoms with E-state index in [0.29, 0.717) is 5.88 Å². The van der Waals surface area contributed by atoms with Crippen LogP contribution in [0.25, 0.3) is 0 Å². The standard InChI is InChI=1S/C21H26N2O4/c1-24-18-9-16(10-19(11-18)25-2)13-23-14-21(15-23)12-17(6-8-26-21)27-20-5-3-4-7-22-20/h3-5,7,9-11,17H,6,8,12-15H2,1-2H3. The summed E-state index contributed by atoms with van der Waals surface area (Å²) in [5.41, 5.74) is 1.08. The molecule has 144 valence electrons. The van der Waals surface area contributed by atoms with Crippen LogP contribution in [-0.2, 0) is 11.3 Å². The number of aromatic nitrogens is 1. The Morgan fingerprint density at radius 2 is 1.93 bits per heavy atom. The van der Waals surface area contributed by atoms with Crippen LogP contribution in [0.15, 0.2) is 42.6 Å². The number of methoxy groups -OCH3 is 2. The van der Waals surface area contributed by atoms with Crippen molar-refractivity contribution >= 4 is 0 Å². The molecule has 1 aromatic carbocycles. The Bertz CT molecular complexity index is 740. The van der Waals surface area contributed by atoms with Gasteiger partial charge in [0.05, 0.1) is 26.4 Å². The number of benzene rings is 1.